The monoisotopic (exact) mass is 309 g/mol. The lowest BCUT2D eigenvalue weighted by atomic mass is 10.2. The molecule has 0 heterocycles. The Hall–Kier alpha value is -1.75. The van der Waals surface area contributed by atoms with Gasteiger partial charge in [-0.15, -0.1) is 12.4 Å². The Morgan fingerprint density at radius 1 is 1.00 bits per heavy atom. The Kier molecular flexibility index (Phi) is 7.61. The topological polar surface area (TPSA) is 61.7 Å². The smallest absolute Gasteiger partial charge is 0.161 e. The van der Waals surface area contributed by atoms with E-state index in [1.54, 1.807) is 12.1 Å². The molecule has 0 atom stereocenters. The van der Waals surface area contributed by atoms with Gasteiger partial charge in [-0.25, -0.2) is 0 Å². The van der Waals surface area contributed by atoms with Gasteiger partial charge in [0, 0.05) is 13.1 Å². The number of phenols is 1. The summed E-state index contributed by atoms with van der Waals surface area (Å²) in [6.45, 7) is 1.67. The number of aromatic hydroxyl groups is 1. The highest BCUT2D eigenvalue weighted by atomic mass is 35.5. The van der Waals surface area contributed by atoms with E-state index >= 15 is 0 Å². The van der Waals surface area contributed by atoms with Gasteiger partial charge in [-0.05, 0) is 23.3 Å². The molecule has 0 radical (unpaired) electrons. The fourth-order valence-corrected chi connectivity index (χ4v) is 1.84. The average molecular weight is 310 g/mol. The molecule has 2 aromatic rings. The number of hydrogen-bond donors (Lipinski definition) is 3. The van der Waals surface area contributed by atoms with Crippen molar-refractivity contribution in [2.24, 2.45) is 0 Å². The molecule has 3 N–H and O–H groups in total. The predicted molar refractivity (Wildman–Crippen MR) is 84.9 cm³/mol. The molecule has 0 aliphatic rings. The van der Waals surface area contributed by atoms with Crippen LogP contribution in [0.15, 0.2) is 48.5 Å². The third kappa shape index (κ3) is 5.63. The highest BCUT2D eigenvalue weighted by molar-refractivity contribution is 5.85. The molecule has 0 fully saturated rings. The third-order valence-corrected chi connectivity index (χ3v) is 2.88. The van der Waals surface area contributed by atoms with Crippen LogP contribution in [0.3, 0.4) is 0 Å². The van der Waals surface area contributed by atoms with Gasteiger partial charge in [-0.1, -0.05) is 36.4 Å². The van der Waals surface area contributed by atoms with Gasteiger partial charge < -0.3 is 20.3 Å². The normalized spacial score (nSPS) is 9.95. The van der Waals surface area contributed by atoms with Gasteiger partial charge >= 0.3 is 0 Å². The Bertz CT molecular complexity index is 534. The molecule has 2 aromatic carbocycles. The summed E-state index contributed by atoms with van der Waals surface area (Å²) < 4.78 is 5.59. The van der Waals surface area contributed by atoms with Gasteiger partial charge in [0.05, 0.1) is 6.61 Å². The molecule has 0 saturated carbocycles. The number of rotatable bonds is 7. The lowest BCUT2D eigenvalue weighted by Gasteiger charge is -2.10. The van der Waals surface area contributed by atoms with Crippen LogP contribution in [0.2, 0.25) is 0 Å². The van der Waals surface area contributed by atoms with Gasteiger partial charge in [-0.2, -0.15) is 0 Å². The summed E-state index contributed by atoms with van der Waals surface area (Å²) in [5, 5.41) is 21.7. The summed E-state index contributed by atoms with van der Waals surface area (Å²) >= 11 is 0. The van der Waals surface area contributed by atoms with Gasteiger partial charge in [0.1, 0.15) is 6.61 Å². The summed E-state index contributed by atoms with van der Waals surface area (Å²) in [4.78, 5) is 0. The number of aliphatic hydroxyl groups is 1. The molecule has 0 aromatic heterocycles. The standard InChI is InChI=1S/C16H19NO3.ClH/c18-9-8-17-11-14-6-7-16(15(19)10-14)20-12-13-4-2-1-3-5-13;/h1-7,10,17-19H,8-9,11-12H2;1H. The first-order valence-corrected chi connectivity index (χ1v) is 6.60. The first kappa shape index (κ1) is 17.3. The second-order valence-electron chi connectivity index (χ2n) is 4.48. The number of ether oxygens (including phenoxy) is 1. The number of phenolic OH excluding ortho intramolecular Hbond substituents is 1. The fraction of sp³-hybridized carbons (Fsp3) is 0.250. The quantitative estimate of drug-likeness (QED) is 0.688. The van der Waals surface area contributed by atoms with Gasteiger partial charge in [0.25, 0.3) is 0 Å². The van der Waals surface area contributed by atoms with E-state index in [2.05, 4.69) is 5.32 Å². The minimum Gasteiger partial charge on any atom is -0.504 e. The summed E-state index contributed by atoms with van der Waals surface area (Å²) in [6.07, 6.45) is 0. The lowest BCUT2D eigenvalue weighted by molar-refractivity contribution is 0.288. The minimum absolute atomic E-state index is 0. The second kappa shape index (κ2) is 9.23. The van der Waals surface area contributed by atoms with Crippen molar-refractivity contribution in [1.82, 2.24) is 5.32 Å². The van der Waals surface area contributed by atoms with Crippen LogP contribution in [0.5, 0.6) is 11.5 Å². The van der Waals surface area contributed by atoms with Crippen LogP contribution in [-0.2, 0) is 13.2 Å². The number of nitrogens with one attached hydrogen (secondary N) is 1. The fourth-order valence-electron chi connectivity index (χ4n) is 1.84. The zero-order valence-electron chi connectivity index (χ0n) is 11.7. The van der Waals surface area contributed by atoms with Crippen LogP contribution >= 0.6 is 12.4 Å². The number of hydrogen-bond acceptors (Lipinski definition) is 4. The average Bonchev–Trinajstić information content (AvgIpc) is 2.48. The Labute approximate surface area is 130 Å². The molecule has 21 heavy (non-hydrogen) atoms. The van der Waals surface area contributed by atoms with Crippen molar-refractivity contribution in [2.45, 2.75) is 13.2 Å². The maximum atomic E-state index is 9.92. The van der Waals surface area contributed by atoms with Crippen molar-refractivity contribution in [3.63, 3.8) is 0 Å². The molecule has 4 nitrogen and oxygen atoms in total. The van der Waals surface area contributed by atoms with E-state index in [1.807, 2.05) is 36.4 Å². The maximum Gasteiger partial charge on any atom is 0.161 e. The van der Waals surface area contributed by atoms with Crippen LogP contribution in [0, 0.1) is 0 Å². The molecule has 0 bridgehead atoms. The van der Waals surface area contributed by atoms with Crippen LogP contribution in [0.1, 0.15) is 11.1 Å². The molecule has 2 rings (SSSR count). The van der Waals surface area contributed by atoms with Crippen molar-refractivity contribution in [2.75, 3.05) is 13.2 Å². The summed E-state index contributed by atoms with van der Waals surface area (Å²) in [5.74, 6) is 0.601. The summed E-state index contributed by atoms with van der Waals surface area (Å²) in [7, 11) is 0. The Balaban J connectivity index is 0.00000220. The first-order chi connectivity index (χ1) is 9.79. The molecule has 0 spiro atoms. The predicted octanol–water partition coefficient (Wildman–Crippen LogP) is 2.47. The zero-order valence-corrected chi connectivity index (χ0v) is 12.5. The molecule has 0 amide bonds. The SMILES string of the molecule is Cl.OCCNCc1ccc(OCc2ccccc2)c(O)c1. The van der Waals surface area contributed by atoms with E-state index in [0.29, 0.717) is 25.4 Å². The minimum atomic E-state index is 0. The van der Waals surface area contributed by atoms with Gasteiger partial charge in [0.15, 0.2) is 11.5 Å². The second-order valence-corrected chi connectivity index (χ2v) is 4.48. The Morgan fingerprint density at radius 3 is 2.43 bits per heavy atom. The molecule has 0 aliphatic carbocycles. The molecule has 0 aliphatic heterocycles. The largest absolute Gasteiger partial charge is 0.504 e. The van der Waals surface area contributed by atoms with E-state index in [9.17, 15) is 5.11 Å². The van der Waals surface area contributed by atoms with Crippen LogP contribution in [-0.4, -0.2) is 23.4 Å². The van der Waals surface area contributed by atoms with Gasteiger partial charge in [0.2, 0.25) is 0 Å². The molecule has 114 valence electrons. The van der Waals surface area contributed by atoms with Crippen molar-refractivity contribution in [3.05, 3.63) is 59.7 Å². The van der Waals surface area contributed by atoms with Gasteiger partial charge in [-0.3, -0.25) is 0 Å². The molecule has 0 saturated heterocycles. The van der Waals surface area contributed by atoms with Crippen LogP contribution in [0.25, 0.3) is 0 Å². The van der Waals surface area contributed by atoms with Crippen molar-refractivity contribution in [1.29, 1.82) is 0 Å². The lowest BCUT2D eigenvalue weighted by Crippen LogP contribution is -2.17. The number of aliphatic hydroxyl groups excluding tert-OH is 1. The zero-order chi connectivity index (χ0) is 14.2. The van der Waals surface area contributed by atoms with Crippen molar-refractivity contribution in [3.8, 4) is 11.5 Å². The van der Waals surface area contributed by atoms with Crippen LogP contribution < -0.4 is 10.1 Å². The number of benzene rings is 2. The van der Waals surface area contributed by atoms with E-state index in [4.69, 9.17) is 9.84 Å². The number of halogens is 1. The summed E-state index contributed by atoms with van der Waals surface area (Å²) in [5.41, 5.74) is 2.00. The van der Waals surface area contributed by atoms with E-state index < -0.39 is 0 Å². The van der Waals surface area contributed by atoms with Crippen molar-refractivity contribution < 1.29 is 14.9 Å². The van der Waals surface area contributed by atoms with E-state index in [-0.39, 0.29) is 24.8 Å². The molecule has 0 unspecified atom stereocenters. The molecular weight excluding hydrogens is 290 g/mol. The maximum absolute atomic E-state index is 9.92. The third-order valence-electron chi connectivity index (χ3n) is 2.88. The first-order valence-electron chi connectivity index (χ1n) is 6.60. The Morgan fingerprint density at radius 2 is 1.76 bits per heavy atom. The van der Waals surface area contributed by atoms with E-state index in [1.165, 1.54) is 0 Å². The van der Waals surface area contributed by atoms with E-state index in [0.717, 1.165) is 11.1 Å². The highest BCUT2D eigenvalue weighted by Crippen LogP contribution is 2.27. The van der Waals surface area contributed by atoms with Crippen molar-refractivity contribution >= 4 is 12.4 Å². The van der Waals surface area contributed by atoms with Crippen LogP contribution in [0.4, 0.5) is 0 Å². The highest BCUT2D eigenvalue weighted by Gasteiger charge is 2.04. The molecular formula is C16H20ClNO3. The summed E-state index contributed by atoms with van der Waals surface area (Å²) in [6, 6.07) is 15.1. The molecule has 5 heteroatoms.